The Morgan fingerprint density at radius 1 is 1.16 bits per heavy atom. The van der Waals surface area contributed by atoms with Crippen molar-refractivity contribution in [1.82, 2.24) is 15.0 Å². The van der Waals surface area contributed by atoms with Crippen LogP contribution in [0.3, 0.4) is 0 Å². The molecule has 0 aliphatic carbocycles. The van der Waals surface area contributed by atoms with Gasteiger partial charge in [0.1, 0.15) is 5.69 Å². The van der Waals surface area contributed by atoms with Gasteiger partial charge in [0.05, 0.1) is 22.2 Å². The zero-order valence-corrected chi connectivity index (χ0v) is 10.7. The Balaban J connectivity index is 1.93. The van der Waals surface area contributed by atoms with Crippen LogP contribution in [-0.2, 0) is 11.2 Å². The minimum Gasteiger partial charge on any atom is -0.607 e. The van der Waals surface area contributed by atoms with Gasteiger partial charge in [-0.15, -0.1) is 0 Å². The van der Waals surface area contributed by atoms with Gasteiger partial charge in [0.25, 0.3) is 5.44 Å². The van der Waals surface area contributed by atoms with Gasteiger partial charge in [-0.3, -0.25) is 9.97 Å². The van der Waals surface area contributed by atoms with Crippen molar-refractivity contribution in [3.05, 3.63) is 54.4 Å². The normalized spacial score (nSPS) is 14.4. The minimum absolute atomic E-state index is 0.249. The molecule has 5 nitrogen and oxygen atoms in total. The predicted molar refractivity (Wildman–Crippen MR) is 71.7 cm³/mol. The lowest BCUT2D eigenvalue weighted by Crippen LogP contribution is -2.15. The van der Waals surface area contributed by atoms with E-state index in [0.29, 0.717) is 5.69 Å². The zero-order valence-electron chi connectivity index (χ0n) is 9.85. The smallest absolute Gasteiger partial charge is 0.324 e. The number of hydrogen-bond donors (Lipinski definition) is 2. The highest BCUT2D eigenvalue weighted by atomic mass is 32.2. The summed E-state index contributed by atoms with van der Waals surface area (Å²) in [7, 11) is 0. The van der Waals surface area contributed by atoms with Crippen molar-refractivity contribution in [2.45, 2.75) is 10.6 Å². The van der Waals surface area contributed by atoms with Crippen molar-refractivity contribution in [1.29, 1.82) is 0 Å². The van der Waals surface area contributed by atoms with Gasteiger partial charge in [0.2, 0.25) is 0 Å². The average Bonchev–Trinajstić information content (AvgIpc) is 2.90. The van der Waals surface area contributed by atoms with E-state index in [1.807, 2.05) is 24.3 Å². The molecule has 3 rings (SSSR count). The van der Waals surface area contributed by atoms with E-state index in [9.17, 15) is 9.66 Å². The van der Waals surface area contributed by atoms with Crippen LogP contribution in [0.2, 0.25) is 0 Å². The van der Waals surface area contributed by atoms with E-state index in [0.717, 1.165) is 11.0 Å². The second-order valence-electron chi connectivity index (χ2n) is 3.96. The molecule has 2 N–H and O–H groups in total. The standard InChI is InChI=1S/C13H11N3O2S/c17-12(11-7-3-4-8-14-11)19(18)13-15-9-5-1-2-6-10(9)16-13/h1-8,12,17H,(H,15,16). The van der Waals surface area contributed by atoms with Gasteiger partial charge in [0, 0.05) is 6.20 Å². The molecular weight excluding hydrogens is 262 g/mol. The molecular formula is C13H11N3O2S. The van der Waals surface area contributed by atoms with Crippen LogP contribution in [0.1, 0.15) is 11.1 Å². The first kappa shape index (κ1) is 12.2. The number of aromatic nitrogens is 3. The summed E-state index contributed by atoms with van der Waals surface area (Å²) in [6, 6.07) is 12.5. The molecule has 0 bridgehead atoms. The molecule has 0 fully saturated rings. The summed E-state index contributed by atoms with van der Waals surface area (Å²) in [6.07, 6.45) is 1.55. The van der Waals surface area contributed by atoms with Crippen LogP contribution >= 0.6 is 0 Å². The summed E-state index contributed by atoms with van der Waals surface area (Å²) in [5, 5.41) is 10.3. The third kappa shape index (κ3) is 2.33. The van der Waals surface area contributed by atoms with Gasteiger partial charge in [-0.1, -0.05) is 18.2 Å². The second-order valence-corrected chi connectivity index (χ2v) is 5.39. The van der Waals surface area contributed by atoms with Crippen LogP contribution in [0, 0.1) is 0 Å². The van der Waals surface area contributed by atoms with Crippen molar-refractivity contribution < 1.29 is 9.66 Å². The quantitative estimate of drug-likeness (QED) is 0.712. The first-order valence-electron chi connectivity index (χ1n) is 5.70. The number of pyridine rings is 1. The van der Waals surface area contributed by atoms with E-state index in [1.165, 1.54) is 0 Å². The van der Waals surface area contributed by atoms with Crippen LogP contribution in [0.4, 0.5) is 0 Å². The molecule has 6 heteroatoms. The van der Waals surface area contributed by atoms with E-state index >= 15 is 0 Å². The maximum atomic E-state index is 12.2. The molecule has 2 unspecified atom stereocenters. The Labute approximate surface area is 112 Å². The number of fused-ring (bicyclic) bond motifs is 1. The Morgan fingerprint density at radius 3 is 2.68 bits per heavy atom. The van der Waals surface area contributed by atoms with Gasteiger partial charge < -0.3 is 9.66 Å². The molecule has 19 heavy (non-hydrogen) atoms. The Morgan fingerprint density at radius 2 is 1.95 bits per heavy atom. The Kier molecular flexibility index (Phi) is 3.20. The summed E-state index contributed by atoms with van der Waals surface area (Å²) in [6.45, 7) is 0. The predicted octanol–water partition coefficient (Wildman–Crippen LogP) is 1.76. The number of rotatable bonds is 3. The van der Waals surface area contributed by atoms with Crippen molar-refractivity contribution in [3.8, 4) is 0 Å². The highest BCUT2D eigenvalue weighted by Crippen LogP contribution is 2.24. The monoisotopic (exact) mass is 273 g/mol. The van der Waals surface area contributed by atoms with Crippen LogP contribution < -0.4 is 0 Å². The van der Waals surface area contributed by atoms with Gasteiger partial charge in [0.15, 0.2) is 0 Å². The lowest BCUT2D eigenvalue weighted by atomic mass is 10.3. The third-order valence-electron chi connectivity index (χ3n) is 2.70. The number of H-pyrrole nitrogens is 1. The van der Waals surface area contributed by atoms with Crippen LogP contribution in [-0.4, -0.2) is 24.6 Å². The summed E-state index contributed by atoms with van der Waals surface area (Å²) in [4.78, 5) is 11.2. The first-order valence-corrected chi connectivity index (χ1v) is 6.91. The van der Waals surface area contributed by atoms with Gasteiger partial charge in [-0.05, 0) is 24.3 Å². The van der Waals surface area contributed by atoms with E-state index in [-0.39, 0.29) is 5.16 Å². The molecule has 96 valence electrons. The SMILES string of the molecule is [O-][S+](c1nc2ccccc2[nH]1)C(O)c1ccccn1. The molecule has 0 radical (unpaired) electrons. The topological polar surface area (TPSA) is 84.9 Å². The Hall–Kier alpha value is -1.89. The number of para-hydroxylation sites is 2. The first-order chi connectivity index (χ1) is 9.25. The van der Waals surface area contributed by atoms with Crippen molar-refractivity contribution in [3.63, 3.8) is 0 Å². The van der Waals surface area contributed by atoms with E-state index in [1.54, 1.807) is 24.4 Å². The molecule has 3 aromatic rings. The molecule has 1 aromatic carbocycles. The fraction of sp³-hybridized carbons (Fsp3) is 0.0769. The summed E-state index contributed by atoms with van der Waals surface area (Å²) >= 11 is -1.69. The molecule has 0 aliphatic rings. The van der Waals surface area contributed by atoms with E-state index in [4.69, 9.17) is 0 Å². The minimum atomic E-state index is -1.69. The molecule has 2 heterocycles. The van der Waals surface area contributed by atoms with E-state index < -0.39 is 16.6 Å². The number of nitrogens with zero attached hydrogens (tertiary/aromatic N) is 2. The molecule has 0 saturated heterocycles. The third-order valence-corrected chi connectivity index (χ3v) is 3.92. The lowest BCUT2D eigenvalue weighted by molar-refractivity contribution is 0.249. The zero-order chi connectivity index (χ0) is 13.2. The molecule has 2 atom stereocenters. The highest BCUT2D eigenvalue weighted by molar-refractivity contribution is 7.91. The van der Waals surface area contributed by atoms with Crippen LogP contribution in [0.25, 0.3) is 11.0 Å². The van der Waals surface area contributed by atoms with E-state index in [2.05, 4.69) is 15.0 Å². The number of hydrogen-bond acceptors (Lipinski definition) is 4. The number of benzene rings is 1. The molecule has 0 amide bonds. The Bertz CT molecular complexity index is 653. The van der Waals surface area contributed by atoms with Gasteiger partial charge in [-0.2, -0.15) is 4.98 Å². The maximum absolute atomic E-state index is 12.2. The average molecular weight is 273 g/mol. The lowest BCUT2D eigenvalue weighted by Gasteiger charge is -2.12. The number of imidazole rings is 1. The molecule has 0 saturated carbocycles. The highest BCUT2D eigenvalue weighted by Gasteiger charge is 2.28. The fourth-order valence-corrected chi connectivity index (χ4v) is 2.73. The van der Waals surface area contributed by atoms with Crippen molar-refractivity contribution >= 4 is 22.2 Å². The number of aliphatic hydroxyl groups excluding tert-OH is 1. The number of nitrogens with one attached hydrogen (secondary N) is 1. The van der Waals surface area contributed by atoms with Gasteiger partial charge >= 0.3 is 5.16 Å². The van der Waals surface area contributed by atoms with Crippen LogP contribution in [0.5, 0.6) is 0 Å². The largest absolute Gasteiger partial charge is 0.607 e. The summed E-state index contributed by atoms with van der Waals surface area (Å²) < 4.78 is 12.2. The second kappa shape index (κ2) is 5.00. The van der Waals surface area contributed by atoms with Crippen molar-refractivity contribution in [2.75, 3.05) is 0 Å². The van der Waals surface area contributed by atoms with Gasteiger partial charge in [-0.25, -0.2) is 0 Å². The molecule has 0 spiro atoms. The summed E-state index contributed by atoms with van der Waals surface area (Å²) in [5.41, 5.74) is 0.682. The molecule has 2 aromatic heterocycles. The maximum Gasteiger partial charge on any atom is 0.324 e. The number of aliphatic hydroxyl groups is 1. The summed E-state index contributed by atoms with van der Waals surface area (Å²) in [5.74, 6) is 0. The van der Waals surface area contributed by atoms with Crippen molar-refractivity contribution in [2.24, 2.45) is 0 Å². The van der Waals surface area contributed by atoms with Crippen LogP contribution in [0.15, 0.2) is 53.8 Å². The number of aromatic amines is 1. The molecule has 0 aliphatic heterocycles. The fourth-order valence-electron chi connectivity index (χ4n) is 1.76.